The molecule has 0 saturated carbocycles. The SMILES string of the molecule is C=CCn1c(COc2ccccc2F)nn(CN(C)CCCOC)c1=S. The lowest BCUT2D eigenvalue weighted by atomic mass is 10.3. The normalized spacial score (nSPS) is 11.1. The van der Waals surface area contributed by atoms with Crippen molar-refractivity contribution >= 4 is 12.2 Å². The number of hydrogen-bond acceptors (Lipinski definition) is 5. The van der Waals surface area contributed by atoms with Crippen LogP contribution in [0.4, 0.5) is 4.39 Å². The van der Waals surface area contributed by atoms with Gasteiger partial charge in [-0.1, -0.05) is 18.2 Å². The summed E-state index contributed by atoms with van der Waals surface area (Å²) in [4.78, 5) is 2.11. The Hall–Kier alpha value is -2.03. The van der Waals surface area contributed by atoms with E-state index in [-0.39, 0.29) is 12.4 Å². The van der Waals surface area contributed by atoms with Crippen LogP contribution in [0.25, 0.3) is 0 Å². The van der Waals surface area contributed by atoms with E-state index in [0.717, 1.165) is 13.0 Å². The Labute approximate surface area is 158 Å². The first-order valence-electron chi connectivity index (χ1n) is 8.39. The van der Waals surface area contributed by atoms with Crippen LogP contribution in [0.5, 0.6) is 5.75 Å². The average molecular weight is 380 g/mol. The Balaban J connectivity index is 2.11. The third-order valence-corrected chi connectivity index (χ3v) is 4.20. The molecule has 142 valence electrons. The number of methoxy groups -OCH3 is 1. The first-order chi connectivity index (χ1) is 12.6. The minimum atomic E-state index is -0.404. The zero-order valence-corrected chi connectivity index (χ0v) is 16.0. The van der Waals surface area contributed by atoms with Crippen molar-refractivity contribution < 1.29 is 13.9 Å². The third kappa shape index (κ3) is 5.48. The number of aromatic nitrogens is 3. The van der Waals surface area contributed by atoms with Gasteiger partial charge in [-0.3, -0.25) is 9.47 Å². The number of ether oxygens (including phenoxy) is 2. The van der Waals surface area contributed by atoms with Gasteiger partial charge in [0, 0.05) is 26.8 Å². The summed E-state index contributed by atoms with van der Waals surface area (Å²) in [7, 11) is 3.69. The standard InChI is InChI=1S/C18H25FN4O2S/c1-4-10-22-17(13-25-16-9-6-5-8-15(16)19)20-23(18(22)26)14-21(2)11-7-12-24-3/h4-6,8-9H,1,7,10-14H2,2-3H3. The van der Waals surface area contributed by atoms with Crippen molar-refractivity contribution in [3.63, 3.8) is 0 Å². The summed E-state index contributed by atoms with van der Waals surface area (Å²) < 4.78 is 28.5. The van der Waals surface area contributed by atoms with E-state index in [1.165, 1.54) is 6.07 Å². The van der Waals surface area contributed by atoms with Crippen LogP contribution < -0.4 is 4.74 Å². The Bertz CT molecular complexity index is 775. The summed E-state index contributed by atoms with van der Waals surface area (Å²) >= 11 is 5.52. The van der Waals surface area contributed by atoms with E-state index in [0.29, 0.717) is 30.4 Å². The van der Waals surface area contributed by atoms with Crippen molar-refractivity contribution in [2.24, 2.45) is 0 Å². The topological polar surface area (TPSA) is 44.5 Å². The number of rotatable bonds is 11. The van der Waals surface area contributed by atoms with Gasteiger partial charge < -0.3 is 9.47 Å². The molecule has 1 aromatic heterocycles. The average Bonchev–Trinajstić information content (AvgIpc) is 2.90. The predicted molar refractivity (Wildman–Crippen MR) is 101 cm³/mol. The minimum absolute atomic E-state index is 0.124. The Kier molecular flexibility index (Phi) is 7.96. The second kappa shape index (κ2) is 10.2. The lowest BCUT2D eigenvalue weighted by Gasteiger charge is -2.15. The Morgan fingerprint density at radius 3 is 2.85 bits per heavy atom. The molecule has 0 radical (unpaired) electrons. The maximum absolute atomic E-state index is 13.7. The van der Waals surface area contributed by atoms with Gasteiger partial charge in [-0.2, -0.15) is 5.10 Å². The fraction of sp³-hybridized carbons (Fsp3) is 0.444. The highest BCUT2D eigenvalue weighted by atomic mass is 32.1. The van der Waals surface area contributed by atoms with Crippen molar-refractivity contribution in [3.05, 3.63) is 53.3 Å². The van der Waals surface area contributed by atoms with Crippen LogP contribution in [0, 0.1) is 10.6 Å². The van der Waals surface area contributed by atoms with Crippen LogP contribution in [-0.2, 0) is 24.6 Å². The predicted octanol–water partition coefficient (Wildman–Crippen LogP) is 3.24. The largest absolute Gasteiger partial charge is 0.483 e. The van der Waals surface area contributed by atoms with Gasteiger partial charge >= 0.3 is 0 Å². The monoisotopic (exact) mass is 380 g/mol. The second-order valence-corrected chi connectivity index (χ2v) is 6.25. The highest BCUT2D eigenvalue weighted by Gasteiger charge is 2.13. The molecule has 0 N–H and O–H groups in total. The first-order valence-corrected chi connectivity index (χ1v) is 8.80. The minimum Gasteiger partial charge on any atom is -0.483 e. The molecule has 0 amide bonds. The molecule has 1 aromatic carbocycles. The Morgan fingerprint density at radius 1 is 1.38 bits per heavy atom. The molecule has 0 spiro atoms. The molecule has 1 heterocycles. The number of nitrogens with zero attached hydrogens (tertiary/aromatic N) is 4. The van der Waals surface area contributed by atoms with Crippen molar-refractivity contribution in [3.8, 4) is 5.75 Å². The highest BCUT2D eigenvalue weighted by molar-refractivity contribution is 7.71. The molecule has 2 rings (SSSR count). The van der Waals surface area contributed by atoms with Gasteiger partial charge in [0.2, 0.25) is 0 Å². The lowest BCUT2D eigenvalue weighted by molar-refractivity contribution is 0.167. The van der Waals surface area contributed by atoms with Gasteiger partial charge in [0.15, 0.2) is 22.2 Å². The molecule has 8 heteroatoms. The first kappa shape index (κ1) is 20.3. The number of allylic oxidation sites excluding steroid dienone is 1. The van der Waals surface area contributed by atoms with Gasteiger partial charge in [0.1, 0.15) is 6.61 Å². The van der Waals surface area contributed by atoms with Gasteiger partial charge in [-0.25, -0.2) is 9.07 Å². The molecule has 0 aliphatic carbocycles. The molecule has 0 bridgehead atoms. The molecule has 0 atom stereocenters. The van der Waals surface area contributed by atoms with E-state index < -0.39 is 5.82 Å². The summed E-state index contributed by atoms with van der Waals surface area (Å²) in [5, 5.41) is 4.55. The van der Waals surface area contributed by atoms with E-state index in [1.807, 2.05) is 11.6 Å². The molecule has 0 aliphatic rings. The van der Waals surface area contributed by atoms with E-state index in [9.17, 15) is 4.39 Å². The van der Waals surface area contributed by atoms with Crippen LogP contribution in [-0.4, -0.2) is 46.6 Å². The van der Waals surface area contributed by atoms with Crippen molar-refractivity contribution in [1.29, 1.82) is 0 Å². The maximum atomic E-state index is 13.7. The van der Waals surface area contributed by atoms with Crippen LogP contribution >= 0.6 is 12.2 Å². The number of halogens is 1. The summed E-state index contributed by atoms with van der Waals surface area (Å²) in [6.07, 6.45) is 2.67. The summed E-state index contributed by atoms with van der Waals surface area (Å²) in [5.74, 6) is 0.414. The van der Waals surface area contributed by atoms with Crippen LogP contribution in [0.3, 0.4) is 0 Å². The molecule has 2 aromatic rings. The molecule has 0 unspecified atom stereocenters. The molecule has 6 nitrogen and oxygen atoms in total. The van der Waals surface area contributed by atoms with Gasteiger partial charge in [-0.05, 0) is 37.8 Å². The van der Waals surface area contributed by atoms with Gasteiger partial charge in [-0.15, -0.1) is 6.58 Å². The van der Waals surface area contributed by atoms with Gasteiger partial charge in [0.05, 0.1) is 6.67 Å². The molecule has 0 aliphatic heterocycles. The summed E-state index contributed by atoms with van der Waals surface area (Å²) in [6, 6.07) is 6.29. The quantitative estimate of drug-likeness (QED) is 0.340. The zero-order chi connectivity index (χ0) is 18.9. The molecule has 0 fully saturated rings. The van der Waals surface area contributed by atoms with Crippen LogP contribution in [0.2, 0.25) is 0 Å². The van der Waals surface area contributed by atoms with E-state index in [4.69, 9.17) is 21.7 Å². The molecule has 0 saturated heterocycles. The second-order valence-electron chi connectivity index (χ2n) is 5.88. The fourth-order valence-electron chi connectivity index (χ4n) is 2.48. The number of benzene rings is 1. The fourth-order valence-corrected chi connectivity index (χ4v) is 2.76. The van der Waals surface area contributed by atoms with E-state index >= 15 is 0 Å². The highest BCUT2D eigenvalue weighted by Crippen LogP contribution is 2.17. The summed E-state index contributed by atoms with van der Waals surface area (Å²) in [6.45, 7) is 6.53. The van der Waals surface area contributed by atoms with Crippen molar-refractivity contribution in [1.82, 2.24) is 19.2 Å². The van der Waals surface area contributed by atoms with E-state index in [2.05, 4.69) is 16.6 Å². The molecular weight excluding hydrogens is 355 g/mol. The Morgan fingerprint density at radius 2 is 2.15 bits per heavy atom. The smallest absolute Gasteiger partial charge is 0.199 e. The van der Waals surface area contributed by atoms with Crippen LogP contribution in [0.1, 0.15) is 12.2 Å². The summed E-state index contributed by atoms with van der Waals surface area (Å²) in [5.41, 5.74) is 0. The number of para-hydroxylation sites is 1. The molecule has 26 heavy (non-hydrogen) atoms. The lowest BCUT2D eigenvalue weighted by Crippen LogP contribution is -2.25. The van der Waals surface area contributed by atoms with Crippen molar-refractivity contribution in [2.45, 2.75) is 26.2 Å². The molecular formula is C18H25FN4O2S. The third-order valence-electron chi connectivity index (χ3n) is 3.77. The van der Waals surface area contributed by atoms with Gasteiger partial charge in [0.25, 0.3) is 0 Å². The van der Waals surface area contributed by atoms with Crippen molar-refractivity contribution in [2.75, 3.05) is 27.3 Å². The number of hydrogen-bond donors (Lipinski definition) is 0. The van der Waals surface area contributed by atoms with Crippen LogP contribution in [0.15, 0.2) is 36.9 Å². The van der Waals surface area contributed by atoms with E-state index in [1.54, 1.807) is 36.1 Å². The maximum Gasteiger partial charge on any atom is 0.199 e. The zero-order valence-electron chi connectivity index (χ0n) is 15.2.